The van der Waals surface area contributed by atoms with Crippen molar-refractivity contribution in [2.75, 3.05) is 13.7 Å². The van der Waals surface area contributed by atoms with Gasteiger partial charge in [-0.05, 0) is 63.3 Å². The number of esters is 3. The molecule has 2 saturated carbocycles. The van der Waals surface area contributed by atoms with Gasteiger partial charge in [-0.15, -0.1) is 0 Å². The molecule has 1 aromatic carbocycles. The van der Waals surface area contributed by atoms with Crippen LogP contribution >= 0.6 is 0 Å². The van der Waals surface area contributed by atoms with E-state index in [0.29, 0.717) is 0 Å². The van der Waals surface area contributed by atoms with Crippen LogP contribution in [-0.2, 0) is 47.5 Å². The molecule has 17 heteroatoms. The van der Waals surface area contributed by atoms with Crippen LogP contribution in [0.15, 0.2) is 41.5 Å². The van der Waals surface area contributed by atoms with Gasteiger partial charge in [0.25, 0.3) is 0 Å². The molecule has 1 heterocycles. The van der Waals surface area contributed by atoms with Crippen LogP contribution in [0.3, 0.4) is 0 Å². The Morgan fingerprint density at radius 2 is 1.58 bits per heavy atom. The molecule has 0 radical (unpaired) electrons. The van der Waals surface area contributed by atoms with Crippen molar-refractivity contribution >= 4 is 35.9 Å². The van der Waals surface area contributed by atoms with E-state index in [9.17, 15) is 39.3 Å². The van der Waals surface area contributed by atoms with Crippen molar-refractivity contribution in [3.05, 3.63) is 47.0 Å². The van der Waals surface area contributed by atoms with Crippen molar-refractivity contribution in [1.82, 2.24) is 5.32 Å². The lowest BCUT2D eigenvalue weighted by Gasteiger charge is -2.67. The lowest BCUT2D eigenvalue weighted by molar-refractivity contribution is -0.344. The third-order valence-corrected chi connectivity index (χ3v) is 12.7. The second kappa shape index (κ2) is 16.0. The van der Waals surface area contributed by atoms with Crippen LogP contribution in [0.5, 0.6) is 0 Å². The first-order valence-corrected chi connectivity index (χ1v) is 19.9. The zero-order valence-electron chi connectivity index (χ0n) is 36.3. The van der Waals surface area contributed by atoms with Crippen LogP contribution in [0, 0.1) is 22.2 Å². The normalized spacial score (nSPS) is 33.1. The van der Waals surface area contributed by atoms with Crippen molar-refractivity contribution in [1.29, 1.82) is 0 Å². The molecule has 0 aromatic heterocycles. The Kier molecular flexibility index (Phi) is 12.4. The van der Waals surface area contributed by atoms with Gasteiger partial charge in [0, 0.05) is 25.2 Å². The van der Waals surface area contributed by atoms with Crippen molar-refractivity contribution in [3.8, 4) is 0 Å². The number of aliphatic hydroxyl groups is 3. The fourth-order valence-corrected chi connectivity index (χ4v) is 9.50. The number of carbonyl (C=O) groups excluding carboxylic acids is 6. The predicted molar refractivity (Wildman–Crippen MR) is 209 cm³/mol. The van der Waals surface area contributed by atoms with Gasteiger partial charge in [-0.3, -0.25) is 9.59 Å². The maximum Gasteiger partial charge on any atom is 0.508 e. The number of ketones is 1. The predicted octanol–water partition coefficient (Wildman–Crippen LogP) is 3.72. The third-order valence-electron chi connectivity index (χ3n) is 12.7. The van der Waals surface area contributed by atoms with Crippen molar-refractivity contribution < 1.29 is 77.2 Å². The summed E-state index contributed by atoms with van der Waals surface area (Å²) in [4.78, 5) is 82.7. The number of alkyl carbamates (subject to hydrolysis) is 1. The molecular weight excluding hydrogens is 786 g/mol. The molecule has 4 N–H and O–H groups in total. The first-order valence-electron chi connectivity index (χ1n) is 19.9. The molecule has 1 saturated heterocycles. The summed E-state index contributed by atoms with van der Waals surface area (Å²) in [7, 11) is 1.07. The maximum absolute atomic E-state index is 15.4. The summed E-state index contributed by atoms with van der Waals surface area (Å²) in [6.45, 7) is 16.6. The molecule has 60 heavy (non-hydrogen) atoms. The number of hydrogen-bond acceptors (Lipinski definition) is 16. The summed E-state index contributed by atoms with van der Waals surface area (Å²) >= 11 is 0. The number of hydrogen-bond donors (Lipinski definition) is 4. The van der Waals surface area contributed by atoms with Gasteiger partial charge in [0.05, 0.1) is 42.8 Å². The number of aliphatic hydroxyl groups excluding tert-OH is 2. The van der Waals surface area contributed by atoms with Gasteiger partial charge in [0.15, 0.2) is 23.6 Å². The molecule has 1 amide bonds. The van der Waals surface area contributed by atoms with Gasteiger partial charge in [-0.2, -0.15) is 0 Å². The van der Waals surface area contributed by atoms with E-state index in [4.69, 9.17) is 33.2 Å². The number of nitrogens with one attached hydrogen (secondary N) is 1. The summed E-state index contributed by atoms with van der Waals surface area (Å²) in [5.41, 5.74) is -9.78. The number of methoxy groups -OCH3 is 1. The van der Waals surface area contributed by atoms with Gasteiger partial charge in [-0.1, -0.05) is 52.8 Å². The molecule has 3 fully saturated rings. The van der Waals surface area contributed by atoms with Crippen LogP contribution in [-0.4, -0.2) is 124 Å². The summed E-state index contributed by atoms with van der Waals surface area (Å²) < 4.78 is 40.3. The molecule has 11 atom stereocenters. The monoisotopic (exact) mass is 845 g/mol. The molecule has 3 aliphatic carbocycles. The Labute approximate surface area is 349 Å². The first-order chi connectivity index (χ1) is 27.6. The number of amides is 1. The second-order valence-electron chi connectivity index (χ2n) is 19.1. The van der Waals surface area contributed by atoms with Gasteiger partial charge < -0.3 is 53.8 Å². The third kappa shape index (κ3) is 8.00. The number of fused-ring (bicyclic) bond motifs is 5. The minimum Gasteiger partial charge on any atom is -0.456 e. The van der Waals surface area contributed by atoms with Crippen molar-refractivity contribution in [2.45, 2.75) is 148 Å². The van der Waals surface area contributed by atoms with E-state index >= 15 is 4.79 Å². The smallest absolute Gasteiger partial charge is 0.456 e. The minimum atomic E-state index is -2.42. The minimum absolute atomic E-state index is 0.0226. The molecule has 17 nitrogen and oxygen atoms in total. The Morgan fingerprint density at radius 1 is 0.967 bits per heavy atom. The highest BCUT2D eigenvalue weighted by atomic mass is 16.8. The zero-order chi connectivity index (χ0) is 45.1. The Morgan fingerprint density at radius 3 is 2.10 bits per heavy atom. The largest absolute Gasteiger partial charge is 0.508 e. The quantitative estimate of drug-likeness (QED) is 0.166. The number of ether oxygens (including phenoxy) is 7. The number of Topliss-reactive ketones (excluding diaryl/α,β-unsaturated/α-hetero) is 1. The van der Waals surface area contributed by atoms with Gasteiger partial charge >= 0.3 is 30.2 Å². The van der Waals surface area contributed by atoms with E-state index in [1.165, 1.54) is 39.8 Å². The molecule has 1 aromatic rings. The summed E-state index contributed by atoms with van der Waals surface area (Å²) in [5, 5.41) is 39.8. The van der Waals surface area contributed by atoms with Crippen LogP contribution in [0.1, 0.15) is 99.4 Å². The molecule has 1 aliphatic heterocycles. The van der Waals surface area contributed by atoms with Gasteiger partial charge in [-0.25, -0.2) is 19.2 Å². The molecule has 5 rings (SSSR count). The average molecular weight is 846 g/mol. The van der Waals surface area contributed by atoms with Crippen molar-refractivity contribution in [3.63, 3.8) is 0 Å². The molecule has 0 spiro atoms. The highest BCUT2D eigenvalue weighted by Crippen LogP contribution is 2.64. The average Bonchev–Trinajstić information content (AvgIpc) is 3.13. The summed E-state index contributed by atoms with van der Waals surface area (Å²) in [5.74, 6) is -5.62. The van der Waals surface area contributed by atoms with Gasteiger partial charge in [0.2, 0.25) is 0 Å². The standard InChI is InChI=1S/C43H59NO16/c1-21-24(57-35(50)28(47)31(38(3,4)5)44-36(51)59-39(6,7)8)19-43(53)33(58-34(49)23-16-14-13-15-17-23)30-41(11,32(48)29(56-22(2)45)27(21)40(43,9)10)25(46)18-26-42(30,20-55-26)60-37(52)54-12/h13-17,24-26,28-31,33,46-47,53H,18-20H2,1-12H3,(H,44,51)/t24-,25-,26?,28+,29+,30?,31+,33?,41+,42-,43+/m0/s1. The van der Waals surface area contributed by atoms with Crippen molar-refractivity contribution in [2.24, 2.45) is 22.2 Å². The van der Waals surface area contributed by atoms with Crippen LogP contribution in [0.2, 0.25) is 0 Å². The van der Waals surface area contributed by atoms with E-state index in [1.807, 2.05) is 0 Å². The summed E-state index contributed by atoms with van der Waals surface area (Å²) in [6, 6.07) is 6.50. The zero-order valence-corrected chi connectivity index (χ0v) is 36.3. The Bertz CT molecular complexity index is 1910. The Balaban J connectivity index is 1.74. The fraction of sp³-hybridized carbons (Fsp3) is 0.674. The molecule has 4 aliphatic rings. The second-order valence-corrected chi connectivity index (χ2v) is 19.1. The molecule has 2 bridgehead atoms. The molecule has 3 unspecified atom stereocenters. The lowest BCUT2D eigenvalue weighted by atomic mass is 9.44. The lowest BCUT2D eigenvalue weighted by Crippen LogP contribution is -2.82. The number of carbonyl (C=O) groups is 6. The van der Waals surface area contributed by atoms with E-state index in [1.54, 1.807) is 59.7 Å². The number of benzene rings is 1. The fourth-order valence-electron chi connectivity index (χ4n) is 9.50. The Hall–Kier alpha value is -4.58. The van der Waals surface area contributed by atoms with Gasteiger partial charge in [0.1, 0.15) is 29.5 Å². The first kappa shape index (κ1) is 46.5. The topological polar surface area (TPSA) is 240 Å². The van der Waals surface area contributed by atoms with Crippen LogP contribution in [0.25, 0.3) is 0 Å². The highest BCUT2D eigenvalue weighted by Gasteiger charge is 2.78. The van der Waals surface area contributed by atoms with Crippen LogP contribution in [0.4, 0.5) is 9.59 Å². The summed E-state index contributed by atoms with van der Waals surface area (Å²) in [6.07, 6.45) is -12.8. The van der Waals surface area contributed by atoms with E-state index in [-0.39, 0.29) is 29.7 Å². The van der Waals surface area contributed by atoms with E-state index in [0.717, 1.165) is 14.0 Å². The van der Waals surface area contributed by atoms with E-state index < -0.39 is 124 Å². The SMILES string of the molecule is COC(=O)O[C@@]12COC1C[C@H](O)[C@@]1(C)C(=O)[C@H](OC(C)=O)C3=C(C)[C@@H](OC(=O)[C@H](O)[C@@H](NC(=O)OC(C)(C)C)C(C)(C)C)C[C@@](O)(C(OC(=O)c4ccccc4)C21)C3(C)C. The number of rotatable bonds is 8. The molecule has 332 valence electrons. The maximum atomic E-state index is 15.4. The molecular formula is C43H59NO16. The highest BCUT2D eigenvalue weighted by molar-refractivity contribution is 5.95. The van der Waals surface area contributed by atoms with E-state index in [2.05, 4.69) is 5.32 Å². The van der Waals surface area contributed by atoms with Crippen LogP contribution < -0.4 is 5.32 Å².